The van der Waals surface area contributed by atoms with E-state index in [1.807, 2.05) is 13.0 Å². The van der Waals surface area contributed by atoms with Gasteiger partial charge in [0.1, 0.15) is 0 Å². The van der Waals surface area contributed by atoms with Gasteiger partial charge in [0.15, 0.2) is 17.5 Å². The van der Waals surface area contributed by atoms with Gasteiger partial charge in [-0.2, -0.15) is 0 Å². The standard InChI is InChI=1S/C20H28N4O2S.HI/c1-3-21-20(22-10-5-4-6-19-24-15(2)13-27-19)23-11-9-16-7-8-17-18(12-16)26-14-25-17;/h7-8,12-13H,3-6,9-11,14H2,1-2H3,(H2,21,22,23);1H. The Labute approximate surface area is 188 Å². The zero-order valence-corrected chi connectivity index (χ0v) is 19.6. The van der Waals surface area contributed by atoms with Crippen LogP contribution in [0.5, 0.6) is 11.5 Å². The molecule has 0 radical (unpaired) electrons. The van der Waals surface area contributed by atoms with Gasteiger partial charge in [0.05, 0.1) is 5.01 Å². The van der Waals surface area contributed by atoms with Crippen molar-refractivity contribution in [1.82, 2.24) is 15.6 Å². The molecule has 2 N–H and O–H groups in total. The molecule has 0 amide bonds. The Balaban J connectivity index is 0.00000280. The minimum atomic E-state index is 0. The number of ether oxygens (including phenoxy) is 2. The Morgan fingerprint density at radius 1 is 1.18 bits per heavy atom. The van der Waals surface area contributed by atoms with Crippen molar-refractivity contribution >= 4 is 41.3 Å². The van der Waals surface area contributed by atoms with Crippen molar-refractivity contribution in [3.8, 4) is 11.5 Å². The average Bonchev–Trinajstić information content (AvgIpc) is 3.29. The topological polar surface area (TPSA) is 67.8 Å². The third kappa shape index (κ3) is 7.12. The van der Waals surface area contributed by atoms with Gasteiger partial charge >= 0.3 is 0 Å². The van der Waals surface area contributed by atoms with Gasteiger partial charge in [-0.25, -0.2) is 4.98 Å². The summed E-state index contributed by atoms with van der Waals surface area (Å²) < 4.78 is 10.8. The monoisotopic (exact) mass is 516 g/mol. The molecule has 0 unspecified atom stereocenters. The number of hydrogen-bond donors (Lipinski definition) is 2. The Kier molecular flexibility index (Phi) is 9.83. The number of thiazole rings is 1. The fourth-order valence-electron chi connectivity index (χ4n) is 2.86. The number of benzene rings is 1. The van der Waals surface area contributed by atoms with Crippen molar-refractivity contribution in [2.75, 3.05) is 26.4 Å². The second kappa shape index (κ2) is 12.1. The van der Waals surface area contributed by atoms with Gasteiger partial charge in [-0.3, -0.25) is 4.99 Å². The Morgan fingerprint density at radius 2 is 2.04 bits per heavy atom. The molecular weight excluding hydrogens is 487 g/mol. The summed E-state index contributed by atoms with van der Waals surface area (Å²) in [7, 11) is 0. The van der Waals surface area contributed by atoms with E-state index in [9.17, 15) is 0 Å². The number of nitrogens with zero attached hydrogens (tertiary/aromatic N) is 2. The minimum absolute atomic E-state index is 0. The fourth-order valence-corrected chi connectivity index (χ4v) is 3.68. The largest absolute Gasteiger partial charge is 0.454 e. The van der Waals surface area contributed by atoms with Crippen LogP contribution in [0.1, 0.15) is 36.0 Å². The number of rotatable bonds is 9. The molecule has 0 aliphatic carbocycles. The number of halogens is 1. The van der Waals surface area contributed by atoms with Crippen molar-refractivity contribution < 1.29 is 9.47 Å². The second-order valence-corrected chi connectivity index (χ2v) is 7.41. The van der Waals surface area contributed by atoms with Crippen LogP contribution in [0.3, 0.4) is 0 Å². The molecule has 0 saturated heterocycles. The van der Waals surface area contributed by atoms with Crippen LogP contribution in [-0.4, -0.2) is 37.4 Å². The summed E-state index contributed by atoms with van der Waals surface area (Å²) in [6, 6.07) is 6.11. The first-order valence-electron chi connectivity index (χ1n) is 9.56. The van der Waals surface area contributed by atoms with Gasteiger partial charge in [0, 0.05) is 30.7 Å². The molecule has 1 aromatic heterocycles. The summed E-state index contributed by atoms with van der Waals surface area (Å²) in [5, 5.41) is 10.1. The molecule has 0 saturated carbocycles. The fraction of sp³-hybridized carbons (Fsp3) is 0.500. The number of aliphatic imine (C=N–C) groups is 1. The molecule has 8 heteroatoms. The number of aryl methyl sites for hydroxylation is 2. The second-order valence-electron chi connectivity index (χ2n) is 6.46. The summed E-state index contributed by atoms with van der Waals surface area (Å²) in [5.41, 5.74) is 2.34. The van der Waals surface area contributed by atoms with Gasteiger partial charge in [-0.05, 0) is 57.2 Å². The van der Waals surface area contributed by atoms with Crippen molar-refractivity contribution in [3.63, 3.8) is 0 Å². The summed E-state index contributed by atoms with van der Waals surface area (Å²) in [6.45, 7) is 6.94. The molecular formula is C20H29IN4O2S. The molecule has 3 rings (SSSR count). The number of hydrogen-bond acceptors (Lipinski definition) is 5. The van der Waals surface area contributed by atoms with Crippen LogP contribution < -0.4 is 20.1 Å². The van der Waals surface area contributed by atoms with E-state index in [-0.39, 0.29) is 24.0 Å². The van der Waals surface area contributed by atoms with Crippen LogP contribution in [0, 0.1) is 6.92 Å². The summed E-state index contributed by atoms with van der Waals surface area (Å²) in [4.78, 5) is 9.18. The van der Waals surface area contributed by atoms with Crippen LogP contribution in [0.15, 0.2) is 28.6 Å². The Hall–Kier alpha value is -1.55. The van der Waals surface area contributed by atoms with Crippen LogP contribution in [0.25, 0.3) is 0 Å². The van der Waals surface area contributed by atoms with Crippen molar-refractivity contribution in [2.45, 2.75) is 39.5 Å². The van der Waals surface area contributed by atoms with Gasteiger partial charge < -0.3 is 20.1 Å². The molecule has 1 aromatic carbocycles. The molecule has 1 aliphatic heterocycles. The number of aromatic nitrogens is 1. The molecule has 0 fully saturated rings. The molecule has 28 heavy (non-hydrogen) atoms. The molecule has 6 nitrogen and oxygen atoms in total. The van der Waals surface area contributed by atoms with Gasteiger partial charge in [-0.15, -0.1) is 35.3 Å². The Morgan fingerprint density at radius 3 is 2.82 bits per heavy atom. The molecule has 2 heterocycles. The van der Waals surface area contributed by atoms with Crippen LogP contribution in [0.2, 0.25) is 0 Å². The predicted octanol–water partition coefficient (Wildman–Crippen LogP) is 3.92. The number of fused-ring (bicyclic) bond motifs is 1. The number of guanidine groups is 1. The van der Waals surface area contributed by atoms with E-state index in [2.05, 4.69) is 45.0 Å². The zero-order chi connectivity index (χ0) is 18.9. The lowest BCUT2D eigenvalue weighted by Gasteiger charge is -2.11. The smallest absolute Gasteiger partial charge is 0.231 e. The average molecular weight is 516 g/mol. The number of unbranched alkanes of at least 4 members (excludes halogenated alkanes) is 1. The van der Waals surface area contributed by atoms with Gasteiger partial charge in [0.2, 0.25) is 6.79 Å². The van der Waals surface area contributed by atoms with E-state index in [4.69, 9.17) is 9.47 Å². The first-order chi connectivity index (χ1) is 13.2. The Bertz CT molecular complexity index is 766. The lowest BCUT2D eigenvalue weighted by Crippen LogP contribution is -2.38. The maximum Gasteiger partial charge on any atom is 0.231 e. The van der Waals surface area contributed by atoms with Crippen molar-refractivity contribution in [2.24, 2.45) is 4.99 Å². The van der Waals surface area contributed by atoms with Gasteiger partial charge in [0.25, 0.3) is 0 Å². The third-order valence-electron chi connectivity index (χ3n) is 4.22. The van der Waals surface area contributed by atoms with Crippen LogP contribution in [-0.2, 0) is 12.8 Å². The molecule has 1 aliphatic rings. The van der Waals surface area contributed by atoms with E-state index in [0.717, 1.165) is 68.5 Å². The van der Waals surface area contributed by atoms with E-state index < -0.39 is 0 Å². The van der Waals surface area contributed by atoms with Gasteiger partial charge in [-0.1, -0.05) is 6.07 Å². The minimum Gasteiger partial charge on any atom is -0.454 e. The predicted molar refractivity (Wildman–Crippen MR) is 125 cm³/mol. The van der Waals surface area contributed by atoms with Crippen molar-refractivity contribution in [3.05, 3.63) is 39.8 Å². The van der Waals surface area contributed by atoms with E-state index in [1.165, 1.54) is 10.6 Å². The highest BCUT2D eigenvalue weighted by Gasteiger charge is 2.12. The van der Waals surface area contributed by atoms with E-state index in [1.54, 1.807) is 11.3 Å². The van der Waals surface area contributed by atoms with Crippen molar-refractivity contribution in [1.29, 1.82) is 0 Å². The summed E-state index contributed by atoms with van der Waals surface area (Å²) in [6.07, 6.45) is 4.14. The number of nitrogens with one attached hydrogen (secondary N) is 2. The molecule has 2 aromatic rings. The SMILES string of the molecule is CCNC(=NCCCCc1nc(C)cs1)NCCc1ccc2c(c1)OCO2.I. The first kappa shape index (κ1) is 22.7. The van der Waals surface area contributed by atoms with E-state index >= 15 is 0 Å². The lowest BCUT2D eigenvalue weighted by molar-refractivity contribution is 0.174. The zero-order valence-electron chi connectivity index (χ0n) is 16.5. The molecule has 154 valence electrons. The highest BCUT2D eigenvalue weighted by atomic mass is 127. The van der Waals surface area contributed by atoms with Crippen LogP contribution >= 0.6 is 35.3 Å². The molecule has 0 spiro atoms. The van der Waals surface area contributed by atoms with E-state index in [0.29, 0.717) is 6.79 Å². The summed E-state index contributed by atoms with van der Waals surface area (Å²) >= 11 is 1.75. The first-order valence-corrected chi connectivity index (χ1v) is 10.4. The maximum absolute atomic E-state index is 5.43. The lowest BCUT2D eigenvalue weighted by atomic mass is 10.1. The highest BCUT2D eigenvalue weighted by molar-refractivity contribution is 14.0. The highest BCUT2D eigenvalue weighted by Crippen LogP contribution is 2.32. The molecule has 0 bridgehead atoms. The molecule has 0 atom stereocenters. The normalized spacial score (nSPS) is 12.6. The maximum atomic E-state index is 5.43. The van der Waals surface area contributed by atoms with Crippen LogP contribution in [0.4, 0.5) is 0 Å². The quantitative estimate of drug-likeness (QED) is 0.229. The third-order valence-corrected chi connectivity index (χ3v) is 5.25. The summed E-state index contributed by atoms with van der Waals surface area (Å²) in [5.74, 6) is 2.54.